The number of rotatable bonds is 32. The number of esters is 2. The lowest BCUT2D eigenvalue weighted by Gasteiger charge is -2.39. The lowest BCUT2D eigenvalue weighted by atomic mass is 9.87. The van der Waals surface area contributed by atoms with E-state index in [0.717, 1.165) is 50.2 Å². The molecule has 0 aromatic rings. The number of hydrogen-bond donors (Lipinski definition) is 6. The minimum Gasteiger partial charge on any atom is -0.478 e. The summed E-state index contributed by atoms with van der Waals surface area (Å²) >= 11 is 0. The second kappa shape index (κ2) is 46.6. The maximum absolute atomic E-state index is 12.6. The van der Waals surface area contributed by atoms with E-state index >= 15 is 0 Å². The van der Waals surface area contributed by atoms with Crippen LogP contribution in [0.4, 0.5) is 0 Å². The Labute approximate surface area is 684 Å². The van der Waals surface area contributed by atoms with Gasteiger partial charge in [-0.05, 0) is 148 Å². The number of allylic oxidation sites excluding steroid dienone is 6. The molecule has 10 aliphatic heterocycles. The number of aliphatic carboxylic acids is 1. The Kier molecular flexibility index (Phi) is 39.7. The lowest BCUT2D eigenvalue weighted by molar-refractivity contribution is -0.201. The van der Waals surface area contributed by atoms with Crippen molar-refractivity contribution >= 4 is 29.7 Å². The molecular formula is C89H141N3O23. The van der Waals surface area contributed by atoms with E-state index in [4.69, 9.17) is 77.2 Å². The third-order valence-electron chi connectivity index (χ3n) is 22.9. The Morgan fingerprint density at radius 1 is 0.504 bits per heavy atom. The van der Waals surface area contributed by atoms with Gasteiger partial charge < -0.3 is 103 Å². The predicted octanol–water partition coefficient (Wildman–Crippen LogP) is 10.6. The molecule has 0 bridgehead atoms. The van der Waals surface area contributed by atoms with Crippen LogP contribution in [-0.4, -0.2) is 251 Å². The van der Waals surface area contributed by atoms with Gasteiger partial charge in [-0.1, -0.05) is 138 Å². The molecule has 0 aromatic heterocycles. The van der Waals surface area contributed by atoms with E-state index in [1.165, 1.54) is 31.4 Å². The molecule has 0 radical (unpaired) electrons. The second-order valence-electron chi connectivity index (χ2n) is 34.3. The van der Waals surface area contributed by atoms with Crippen LogP contribution in [0, 0.1) is 35.5 Å². The first-order valence-electron chi connectivity index (χ1n) is 41.2. The first-order chi connectivity index (χ1) is 54.3. The van der Waals surface area contributed by atoms with Gasteiger partial charge in [0.15, 0.2) is 0 Å². The summed E-state index contributed by atoms with van der Waals surface area (Å²) in [6, 6.07) is 0.169. The molecule has 26 nitrogen and oxygen atoms in total. The van der Waals surface area contributed by atoms with Gasteiger partial charge in [-0.3, -0.25) is 19.2 Å². The van der Waals surface area contributed by atoms with E-state index in [1.54, 1.807) is 18.2 Å². The molecular weight excluding hydrogens is 1480 g/mol. The third-order valence-corrected chi connectivity index (χ3v) is 22.9. The quantitative estimate of drug-likeness (QED) is 0.0120. The summed E-state index contributed by atoms with van der Waals surface area (Å²) in [6.07, 6.45) is 29.4. The fourth-order valence-corrected chi connectivity index (χ4v) is 14.4. The lowest BCUT2D eigenvalue weighted by Crippen LogP contribution is -2.50. The fourth-order valence-electron chi connectivity index (χ4n) is 14.4. The summed E-state index contributed by atoms with van der Waals surface area (Å²) in [7, 11) is 2.70. The molecule has 2 spiro atoms. The van der Waals surface area contributed by atoms with Gasteiger partial charge in [-0.2, -0.15) is 0 Å². The van der Waals surface area contributed by atoms with Gasteiger partial charge in [-0.15, -0.1) is 6.58 Å². The normalized spacial score (nSPS) is 34.5. The standard InChI is InChI=1S/C32H49NO9.C23H37NO4.C13H23NO.C11H16O5.C10H16O4/c1-20(8-11-27-30(36)32(19-40-32)15-24(42-27)14-29(35)37-6)7-10-26-22(3)13-25(23(4)41-26)33-28(34)12-9-21(2)16-39-31(5)17-38-18-31;1-7-16(2)8-10-21-18(4)12-20(19(5)28-21)24-22(25)11-9-17(3)13-27-23(6)14-26-15-23;1-5-9(2)6-7-13-10(3)8-12(14)11(4)15-13;1-3-8-10(13)11(6-15-11)5-7(16-8)4-9(12)14-2;1-8(3-4-9(11)12)5-14-10(2)6-13-7-10/h7-9,11-12,21-27,30,36H,10,13-19H2,1-6H3,(H,33,34);7-9,11,17-21H,1,10,12-15H2,2-6H3,(H,24,25);5-6,10-13H,1,7-8,14H2,2-4H3;3,7-8,10,13H,1,4-6H2,2H3;3-4,8H,5-7H2,1-2H3,(H,11,12)/b11-8+,12-9-,20-7+;11-9-,16-8+;9-6+;;4-3-/t21?,22-,23+,24+,25+,26-,27+,30+,32+;17?,18-,19+,20+,21-;10-,11+,12+,13-;7-,8-,10-,11-;/m0001./s1. The van der Waals surface area contributed by atoms with Crippen molar-refractivity contribution in [1.29, 1.82) is 0 Å². The summed E-state index contributed by atoms with van der Waals surface area (Å²) < 4.78 is 83.0. The van der Waals surface area contributed by atoms with E-state index in [9.17, 15) is 34.2 Å². The first kappa shape index (κ1) is 97.9. The molecule has 10 rings (SSSR count). The van der Waals surface area contributed by atoms with E-state index < -0.39 is 41.6 Å². The number of nitrogens with one attached hydrogen (secondary N) is 2. The van der Waals surface area contributed by atoms with Crippen LogP contribution in [0.5, 0.6) is 0 Å². The van der Waals surface area contributed by atoms with Crippen LogP contribution in [0.2, 0.25) is 0 Å². The fraction of sp³-hybridized carbons (Fsp3) is 0.719. The van der Waals surface area contributed by atoms with Gasteiger partial charge >= 0.3 is 17.9 Å². The summed E-state index contributed by atoms with van der Waals surface area (Å²) in [4.78, 5) is 58.1. The van der Waals surface area contributed by atoms with Gasteiger partial charge in [0, 0.05) is 25.0 Å². The average molecular weight is 1620 g/mol. The molecule has 26 heteroatoms. The molecule has 10 fully saturated rings. The molecule has 650 valence electrons. The van der Waals surface area contributed by atoms with Crippen molar-refractivity contribution in [2.75, 3.05) is 86.9 Å². The van der Waals surface area contributed by atoms with Gasteiger partial charge in [0.1, 0.15) is 52.4 Å². The number of methoxy groups -OCH3 is 2. The van der Waals surface area contributed by atoms with Crippen LogP contribution >= 0.6 is 0 Å². The van der Waals surface area contributed by atoms with Gasteiger partial charge in [0.2, 0.25) is 11.8 Å². The Balaban J connectivity index is 0.000000242. The van der Waals surface area contributed by atoms with Crippen LogP contribution in [0.1, 0.15) is 168 Å². The monoisotopic (exact) mass is 1620 g/mol. The number of ether oxygens (including phenoxy) is 15. The van der Waals surface area contributed by atoms with Crippen molar-refractivity contribution in [3.05, 3.63) is 122 Å². The van der Waals surface area contributed by atoms with Crippen LogP contribution in [0.3, 0.4) is 0 Å². The topological polar surface area (TPSA) is 341 Å². The minimum atomic E-state index is -0.921. The zero-order valence-electron chi connectivity index (χ0n) is 71.8. The number of epoxide rings is 2. The molecule has 7 N–H and O–H groups in total. The van der Waals surface area contributed by atoms with E-state index in [0.29, 0.717) is 103 Å². The highest BCUT2D eigenvalue weighted by Crippen LogP contribution is 2.45. The van der Waals surface area contributed by atoms with Gasteiger partial charge in [-0.25, -0.2) is 4.79 Å². The number of aliphatic hydroxyl groups excluding tert-OH is 2. The van der Waals surface area contributed by atoms with E-state index in [2.05, 4.69) is 88.0 Å². The van der Waals surface area contributed by atoms with Crippen molar-refractivity contribution in [1.82, 2.24) is 10.6 Å². The zero-order valence-corrected chi connectivity index (χ0v) is 71.8. The summed E-state index contributed by atoms with van der Waals surface area (Å²) in [5.74, 6) is -0.171. The number of carbonyl (C=O) groups excluding carboxylic acids is 4. The SMILES string of the molecule is C=C/C(C)=C/C[C@@H]1O[C@H](C)[C@H](N)C[C@@H]1C.C=C/C(C)=C/C[C@@H]1O[C@H](C)[C@H](NC(=O)/C=C\C(C)COC2(C)COC2)C[C@@H]1C.C=C[C@H]1O[C@H](CC(=O)OC)C[C@@]2(CO2)[C@@H]1O.CC(/C=C\C(=O)O)COC1(C)COC1.COC(=O)C[C@@H]1C[C@@]2(CO2)[C@H](O)[C@@H](/C=C/C(C)=C/C[C@@H]2O[C@H](C)[C@H](NC(=O)/C=C\C(C)COC3(C)COC3)C[C@@H]2C)O1. The van der Waals surface area contributed by atoms with Crippen molar-refractivity contribution in [3.63, 3.8) is 0 Å². The highest BCUT2D eigenvalue weighted by molar-refractivity contribution is 5.88. The van der Waals surface area contributed by atoms with Crippen LogP contribution in [0.25, 0.3) is 0 Å². The highest BCUT2D eigenvalue weighted by atomic mass is 16.6. The number of hydrogen-bond acceptors (Lipinski definition) is 23. The van der Waals surface area contributed by atoms with Crippen molar-refractivity contribution in [2.45, 2.75) is 287 Å². The van der Waals surface area contributed by atoms with Crippen LogP contribution in [-0.2, 0) is 95.0 Å². The molecule has 0 saturated carbocycles. The number of carbonyl (C=O) groups is 5. The second-order valence-corrected chi connectivity index (χ2v) is 34.3. The molecule has 0 aromatic carbocycles. The molecule has 10 saturated heterocycles. The third kappa shape index (κ3) is 32.6. The molecule has 10 heterocycles. The molecule has 10 aliphatic rings. The largest absolute Gasteiger partial charge is 0.478 e. The molecule has 3 unspecified atom stereocenters. The Morgan fingerprint density at radius 2 is 0.852 bits per heavy atom. The minimum absolute atomic E-state index is 0.00434. The van der Waals surface area contributed by atoms with Crippen LogP contribution in [0.15, 0.2) is 122 Å². The molecule has 0 aliphatic carbocycles. The maximum atomic E-state index is 12.6. The Bertz CT molecular complexity index is 3330. The number of aliphatic hydroxyl groups is 2. The highest BCUT2D eigenvalue weighted by Gasteiger charge is 2.60. The van der Waals surface area contributed by atoms with Gasteiger partial charge in [0.25, 0.3) is 0 Å². The van der Waals surface area contributed by atoms with Crippen LogP contribution < -0.4 is 16.4 Å². The zero-order chi connectivity index (χ0) is 85.0. The van der Waals surface area contributed by atoms with Crippen molar-refractivity contribution in [3.8, 4) is 0 Å². The van der Waals surface area contributed by atoms with Crippen molar-refractivity contribution < 1.29 is 110 Å². The molecule has 2 amide bonds. The summed E-state index contributed by atoms with van der Waals surface area (Å²) in [5.41, 5.74) is 7.67. The Hall–Kier alpha value is -5.89. The van der Waals surface area contributed by atoms with Crippen molar-refractivity contribution in [2.24, 2.45) is 41.2 Å². The smallest absolute Gasteiger partial charge is 0.327 e. The van der Waals surface area contributed by atoms with Gasteiger partial charge in [0.05, 0.1) is 161 Å². The first-order valence-corrected chi connectivity index (χ1v) is 41.2. The average Bonchev–Trinajstić information content (AvgIpc) is 1.60. The summed E-state index contributed by atoms with van der Waals surface area (Å²) in [6.45, 7) is 48.4. The number of carboxylic acids is 1. The molecule has 23 atom stereocenters. The van der Waals surface area contributed by atoms with E-state index in [1.807, 2.05) is 106 Å². The predicted molar refractivity (Wildman–Crippen MR) is 438 cm³/mol. The number of nitrogens with two attached hydrogens (primary N) is 1. The number of amides is 2. The summed E-state index contributed by atoms with van der Waals surface area (Å²) in [5, 5.41) is 35.3. The molecule has 115 heavy (non-hydrogen) atoms. The van der Waals surface area contributed by atoms with E-state index in [-0.39, 0.29) is 138 Å². The number of carboxylic acid groups (broad SMARTS) is 1. The Morgan fingerprint density at radius 3 is 1.19 bits per heavy atom. The maximum Gasteiger partial charge on any atom is 0.327 e.